The lowest BCUT2D eigenvalue weighted by molar-refractivity contribution is -0.236. The second-order valence-electron chi connectivity index (χ2n) is 9.25. The lowest BCUT2D eigenvalue weighted by Crippen LogP contribution is -2.77. The van der Waals surface area contributed by atoms with Gasteiger partial charge in [-0.3, -0.25) is 4.90 Å². The van der Waals surface area contributed by atoms with Crippen LogP contribution in [0.3, 0.4) is 0 Å². The maximum Gasteiger partial charge on any atom is 0.408 e. The number of aliphatic hydroxyl groups is 1. The van der Waals surface area contributed by atoms with Gasteiger partial charge in [-0.2, -0.15) is 13.2 Å². The highest BCUT2D eigenvalue weighted by Crippen LogP contribution is 2.44. The molecule has 9 heteroatoms. The summed E-state index contributed by atoms with van der Waals surface area (Å²) in [5.74, 6) is -2.90. The summed E-state index contributed by atoms with van der Waals surface area (Å²) in [5, 5.41) is 22.6. The zero-order chi connectivity index (χ0) is 23.7. The molecule has 0 radical (unpaired) electrons. The van der Waals surface area contributed by atoms with Crippen LogP contribution in [0.1, 0.15) is 56.6 Å². The predicted octanol–water partition coefficient (Wildman–Crippen LogP) is 4.24. The first-order chi connectivity index (χ1) is 14.9. The van der Waals surface area contributed by atoms with E-state index in [-0.39, 0.29) is 6.42 Å². The number of carbonyl (C=O) groups is 2. The first-order valence-corrected chi connectivity index (χ1v) is 11.1. The minimum Gasteiger partial charge on any atom is -0.480 e. The molecule has 0 unspecified atom stereocenters. The SMILES string of the molecule is Cc1cccc(CC[C@@H]2[C@@H](C(=O)O)N(C(=O)N[C@@H](C3CCCCC3)C(F)(F)F)[C@]2(C)O)c1. The van der Waals surface area contributed by atoms with Crippen LogP contribution < -0.4 is 5.32 Å². The van der Waals surface area contributed by atoms with Crippen molar-refractivity contribution < 1.29 is 33.0 Å². The van der Waals surface area contributed by atoms with E-state index >= 15 is 0 Å². The number of halogens is 3. The molecule has 0 bridgehead atoms. The normalized spacial score (nSPS) is 27.5. The molecule has 32 heavy (non-hydrogen) atoms. The number of aliphatic carboxylic acids is 1. The lowest BCUT2D eigenvalue weighted by Gasteiger charge is -2.57. The van der Waals surface area contributed by atoms with Crippen molar-refractivity contribution in [3.05, 3.63) is 35.4 Å². The number of hydrogen-bond donors (Lipinski definition) is 3. The number of aryl methyl sites for hydroxylation is 2. The summed E-state index contributed by atoms with van der Waals surface area (Å²) in [4.78, 5) is 25.4. The van der Waals surface area contributed by atoms with Crippen molar-refractivity contribution >= 4 is 12.0 Å². The smallest absolute Gasteiger partial charge is 0.408 e. The number of rotatable bonds is 6. The van der Waals surface area contributed by atoms with Crippen LogP contribution in [0.25, 0.3) is 0 Å². The summed E-state index contributed by atoms with van der Waals surface area (Å²) in [6.07, 6.45) is -1.01. The first kappa shape index (κ1) is 24.4. The zero-order valence-corrected chi connectivity index (χ0v) is 18.4. The molecule has 2 fully saturated rings. The maximum absolute atomic E-state index is 13.7. The first-order valence-electron chi connectivity index (χ1n) is 11.1. The number of carbonyl (C=O) groups excluding carboxylic acids is 1. The largest absolute Gasteiger partial charge is 0.480 e. The summed E-state index contributed by atoms with van der Waals surface area (Å²) in [5.41, 5.74) is 0.140. The number of hydrogen-bond acceptors (Lipinski definition) is 3. The highest BCUT2D eigenvalue weighted by Gasteiger charge is 2.62. The standard InChI is InChI=1S/C23H31F3N2O4/c1-14-7-6-8-15(13-14)11-12-17-18(20(29)30)28(22(17,2)32)21(31)27-19(23(24,25)26)16-9-4-3-5-10-16/h6-8,13,16-19,32H,3-5,9-12H2,1-2H3,(H,27,31)(H,29,30)/t17-,18+,19+,22-/m1/s1. The molecule has 6 nitrogen and oxygen atoms in total. The van der Waals surface area contributed by atoms with Gasteiger partial charge in [0, 0.05) is 5.92 Å². The highest BCUT2D eigenvalue weighted by molar-refractivity contribution is 5.86. The van der Waals surface area contributed by atoms with Crippen LogP contribution in [0.5, 0.6) is 0 Å². The van der Waals surface area contributed by atoms with Crippen LogP contribution in [0, 0.1) is 18.8 Å². The molecule has 1 heterocycles. The van der Waals surface area contributed by atoms with Gasteiger partial charge >= 0.3 is 18.2 Å². The number of carboxylic acids is 1. The van der Waals surface area contributed by atoms with Crippen molar-refractivity contribution in [2.75, 3.05) is 0 Å². The Hall–Kier alpha value is -2.29. The number of urea groups is 1. The minimum absolute atomic E-state index is 0.280. The number of amides is 2. The van der Waals surface area contributed by atoms with Crippen molar-refractivity contribution in [1.29, 1.82) is 0 Å². The number of carboxylic acid groups (broad SMARTS) is 1. The van der Waals surface area contributed by atoms with Crippen molar-refractivity contribution in [3.63, 3.8) is 0 Å². The fraction of sp³-hybridized carbons (Fsp3) is 0.652. The molecule has 1 aliphatic carbocycles. The summed E-state index contributed by atoms with van der Waals surface area (Å²) in [6, 6.07) is 2.99. The Balaban J connectivity index is 1.73. The van der Waals surface area contributed by atoms with E-state index in [1.807, 2.05) is 36.5 Å². The molecule has 3 N–H and O–H groups in total. The van der Waals surface area contributed by atoms with E-state index in [0.717, 1.165) is 17.5 Å². The molecule has 1 aromatic rings. The van der Waals surface area contributed by atoms with E-state index in [4.69, 9.17) is 0 Å². The van der Waals surface area contributed by atoms with Gasteiger partial charge in [0.1, 0.15) is 17.8 Å². The van der Waals surface area contributed by atoms with Gasteiger partial charge in [0.25, 0.3) is 0 Å². The summed E-state index contributed by atoms with van der Waals surface area (Å²) in [6.45, 7) is 3.22. The molecular weight excluding hydrogens is 425 g/mol. The van der Waals surface area contributed by atoms with Crippen LogP contribution in [-0.4, -0.2) is 51.1 Å². The maximum atomic E-state index is 13.7. The average Bonchev–Trinajstić information content (AvgIpc) is 2.70. The number of nitrogens with one attached hydrogen (secondary N) is 1. The van der Waals surface area contributed by atoms with E-state index in [2.05, 4.69) is 0 Å². The molecule has 2 amide bonds. The monoisotopic (exact) mass is 456 g/mol. The van der Waals surface area contributed by atoms with Gasteiger partial charge in [-0.1, -0.05) is 49.1 Å². The van der Waals surface area contributed by atoms with Gasteiger partial charge in [0.05, 0.1) is 0 Å². The van der Waals surface area contributed by atoms with Gasteiger partial charge < -0.3 is 15.5 Å². The van der Waals surface area contributed by atoms with Gasteiger partial charge in [-0.25, -0.2) is 9.59 Å². The Morgan fingerprint density at radius 3 is 2.47 bits per heavy atom. The van der Waals surface area contributed by atoms with Gasteiger partial charge in [0.15, 0.2) is 0 Å². The molecule has 3 rings (SSSR count). The topological polar surface area (TPSA) is 89.9 Å². The third-order valence-corrected chi connectivity index (χ3v) is 6.90. The van der Waals surface area contributed by atoms with Crippen molar-refractivity contribution in [3.8, 4) is 0 Å². The van der Waals surface area contributed by atoms with Crippen LogP contribution in [0.15, 0.2) is 24.3 Å². The predicted molar refractivity (Wildman–Crippen MR) is 112 cm³/mol. The summed E-state index contributed by atoms with van der Waals surface area (Å²) < 4.78 is 41.1. The molecule has 2 aliphatic rings. The molecule has 0 aromatic heterocycles. The highest BCUT2D eigenvalue weighted by atomic mass is 19.4. The second-order valence-corrected chi connectivity index (χ2v) is 9.25. The third-order valence-electron chi connectivity index (χ3n) is 6.90. The van der Waals surface area contributed by atoms with Crippen LogP contribution in [0.2, 0.25) is 0 Å². The zero-order valence-electron chi connectivity index (χ0n) is 18.4. The number of alkyl halides is 3. The lowest BCUT2D eigenvalue weighted by atomic mass is 9.74. The summed E-state index contributed by atoms with van der Waals surface area (Å²) >= 11 is 0. The average molecular weight is 457 g/mol. The van der Waals surface area contributed by atoms with Crippen LogP contribution in [-0.2, 0) is 11.2 Å². The molecule has 1 saturated heterocycles. The fourth-order valence-corrected chi connectivity index (χ4v) is 5.23. The molecule has 178 valence electrons. The second kappa shape index (κ2) is 9.29. The Morgan fingerprint density at radius 2 is 1.91 bits per heavy atom. The van der Waals surface area contributed by atoms with Gasteiger partial charge in [-0.15, -0.1) is 0 Å². The van der Waals surface area contributed by atoms with E-state index in [1.165, 1.54) is 6.92 Å². The fourth-order valence-electron chi connectivity index (χ4n) is 5.23. The number of benzene rings is 1. The quantitative estimate of drug-likeness (QED) is 0.597. The van der Waals surface area contributed by atoms with E-state index in [9.17, 15) is 33.0 Å². The Bertz CT molecular complexity index is 837. The van der Waals surface area contributed by atoms with Crippen LogP contribution >= 0.6 is 0 Å². The van der Waals surface area contributed by atoms with E-state index in [0.29, 0.717) is 37.0 Å². The molecule has 0 spiro atoms. The number of likely N-dealkylation sites (tertiary alicyclic amines) is 1. The van der Waals surface area contributed by atoms with Crippen LogP contribution in [0.4, 0.5) is 18.0 Å². The van der Waals surface area contributed by atoms with Crippen molar-refractivity contribution in [2.24, 2.45) is 11.8 Å². The van der Waals surface area contributed by atoms with Gasteiger partial charge in [-0.05, 0) is 51.0 Å². The van der Waals surface area contributed by atoms with Crippen molar-refractivity contribution in [1.82, 2.24) is 10.2 Å². The third kappa shape index (κ3) is 5.03. The molecule has 1 saturated carbocycles. The Morgan fingerprint density at radius 1 is 1.25 bits per heavy atom. The Labute approximate surface area is 185 Å². The van der Waals surface area contributed by atoms with E-state index in [1.54, 1.807) is 0 Å². The van der Waals surface area contributed by atoms with E-state index < -0.39 is 47.8 Å². The molecule has 1 aliphatic heterocycles. The molecule has 4 atom stereocenters. The molecule has 1 aromatic carbocycles. The van der Waals surface area contributed by atoms with Gasteiger partial charge in [0.2, 0.25) is 0 Å². The minimum atomic E-state index is -4.66. The molecular formula is C23H31F3N2O4. The Kier molecular flexibility index (Phi) is 7.07. The van der Waals surface area contributed by atoms with Crippen molar-refractivity contribution in [2.45, 2.75) is 82.8 Å². The number of nitrogens with zero attached hydrogens (tertiary/aromatic N) is 1. The summed E-state index contributed by atoms with van der Waals surface area (Å²) in [7, 11) is 0.